The molecule has 1 aromatic heterocycles. The van der Waals surface area contributed by atoms with E-state index in [4.69, 9.17) is 5.73 Å². The number of nitrogens with one attached hydrogen (secondary N) is 1. The lowest BCUT2D eigenvalue weighted by Crippen LogP contribution is -2.32. The Morgan fingerprint density at radius 3 is 2.47 bits per heavy atom. The first-order chi connectivity index (χ1) is 18.2. The lowest BCUT2D eigenvalue weighted by Gasteiger charge is -2.28. The lowest BCUT2D eigenvalue weighted by atomic mass is 9.82. The SMILES string of the molecule is C=C(Nc1cc(C2CCCCC2N)nc(-c2ccccc2C(F)(F)F)n1)c1ccccc1C(CC)CCC. The number of hydrogen-bond acceptors (Lipinski definition) is 4. The maximum atomic E-state index is 13.9. The number of benzene rings is 2. The van der Waals surface area contributed by atoms with E-state index in [1.54, 1.807) is 6.07 Å². The van der Waals surface area contributed by atoms with Gasteiger partial charge in [0, 0.05) is 34.9 Å². The molecule has 0 spiro atoms. The van der Waals surface area contributed by atoms with Crippen molar-refractivity contribution in [3.63, 3.8) is 0 Å². The summed E-state index contributed by atoms with van der Waals surface area (Å²) in [6, 6.07) is 15.3. The van der Waals surface area contributed by atoms with Crippen molar-refractivity contribution in [2.75, 3.05) is 5.32 Å². The third-order valence-electron chi connectivity index (χ3n) is 7.55. The van der Waals surface area contributed by atoms with Gasteiger partial charge in [-0.3, -0.25) is 0 Å². The summed E-state index contributed by atoms with van der Waals surface area (Å²) in [5.41, 5.74) is 9.17. The average Bonchev–Trinajstić information content (AvgIpc) is 2.91. The van der Waals surface area contributed by atoms with E-state index in [9.17, 15) is 13.2 Å². The standard InChI is InChI=1S/C31H37F3N4/c1-4-12-21(5-2)23-14-7-6-13-22(23)20(3)36-29-19-28(25-16-9-11-18-27(25)35)37-30(38-29)24-15-8-10-17-26(24)31(32,33)34/h6-8,10,13-15,17,19,21,25,27H,3-5,9,11-12,16,18,35H2,1-2H3,(H,36,37,38). The van der Waals surface area contributed by atoms with Crippen LogP contribution in [0.4, 0.5) is 19.0 Å². The van der Waals surface area contributed by atoms with Gasteiger partial charge in [-0.15, -0.1) is 0 Å². The minimum absolute atomic E-state index is 0.0363. The molecule has 0 aliphatic heterocycles. The van der Waals surface area contributed by atoms with E-state index >= 15 is 0 Å². The number of aromatic nitrogens is 2. The fourth-order valence-electron chi connectivity index (χ4n) is 5.57. The molecule has 1 fully saturated rings. The zero-order valence-electron chi connectivity index (χ0n) is 22.2. The van der Waals surface area contributed by atoms with Gasteiger partial charge < -0.3 is 11.1 Å². The highest BCUT2D eigenvalue weighted by Crippen LogP contribution is 2.38. The van der Waals surface area contributed by atoms with Gasteiger partial charge >= 0.3 is 6.18 Å². The topological polar surface area (TPSA) is 63.8 Å². The van der Waals surface area contributed by atoms with Gasteiger partial charge in [0.1, 0.15) is 5.82 Å². The molecule has 2 aromatic carbocycles. The normalized spacial score (nSPS) is 18.7. The van der Waals surface area contributed by atoms with Gasteiger partial charge in [-0.1, -0.05) is 82.2 Å². The molecule has 0 amide bonds. The number of nitrogens with zero attached hydrogens (tertiary/aromatic N) is 2. The van der Waals surface area contributed by atoms with Crippen LogP contribution in [0.3, 0.4) is 0 Å². The van der Waals surface area contributed by atoms with Gasteiger partial charge in [0.2, 0.25) is 0 Å². The maximum Gasteiger partial charge on any atom is 0.417 e. The first kappa shape index (κ1) is 27.8. The van der Waals surface area contributed by atoms with Gasteiger partial charge in [-0.05, 0) is 43.2 Å². The monoisotopic (exact) mass is 522 g/mol. The van der Waals surface area contributed by atoms with Gasteiger partial charge in [0.15, 0.2) is 5.82 Å². The molecule has 1 aliphatic rings. The Morgan fingerprint density at radius 2 is 1.76 bits per heavy atom. The Bertz CT molecular complexity index is 1250. The van der Waals surface area contributed by atoms with Crippen molar-refractivity contribution in [1.29, 1.82) is 0 Å². The van der Waals surface area contributed by atoms with Crippen LogP contribution in [0.5, 0.6) is 0 Å². The molecule has 3 unspecified atom stereocenters. The fraction of sp³-hybridized carbons (Fsp3) is 0.419. The molecule has 1 aliphatic carbocycles. The van der Waals surface area contributed by atoms with Gasteiger partial charge in [0.25, 0.3) is 0 Å². The Balaban J connectivity index is 1.77. The van der Waals surface area contributed by atoms with E-state index < -0.39 is 11.7 Å². The van der Waals surface area contributed by atoms with Crippen LogP contribution in [-0.2, 0) is 6.18 Å². The lowest BCUT2D eigenvalue weighted by molar-refractivity contribution is -0.137. The molecule has 7 heteroatoms. The zero-order chi connectivity index (χ0) is 27.3. The minimum Gasteiger partial charge on any atom is -0.340 e. The Morgan fingerprint density at radius 1 is 1.05 bits per heavy atom. The molecular formula is C31H37F3N4. The Kier molecular flexibility index (Phi) is 8.87. The summed E-state index contributed by atoms with van der Waals surface area (Å²) in [6.45, 7) is 8.66. The quantitative estimate of drug-likeness (QED) is 0.296. The Hall–Kier alpha value is -3.19. The summed E-state index contributed by atoms with van der Waals surface area (Å²) in [4.78, 5) is 9.22. The number of hydrogen-bond donors (Lipinski definition) is 2. The smallest absolute Gasteiger partial charge is 0.340 e. The summed E-state index contributed by atoms with van der Waals surface area (Å²) in [7, 11) is 0. The van der Waals surface area contributed by atoms with Crippen LogP contribution in [0, 0.1) is 0 Å². The van der Waals surface area contributed by atoms with E-state index in [-0.39, 0.29) is 23.3 Å². The molecule has 3 aromatic rings. The number of alkyl halides is 3. The van der Waals surface area contributed by atoms with Gasteiger partial charge in [-0.25, -0.2) is 9.97 Å². The summed E-state index contributed by atoms with van der Waals surface area (Å²) in [5.74, 6) is 0.807. The molecule has 0 radical (unpaired) electrons. The van der Waals surface area contributed by atoms with Crippen LogP contribution in [0.2, 0.25) is 0 Å². The predicted molar refractivity (Wildman–Crippen MR) is 149 cm³/mol. The molecule has 3 atom stereocenters. The summed E-state index contributed by atoms with van der Waals surface area (Å²) >= 11 is 0. The Labute approximate surface area is 223 Å². The van der Waals surface area contributed by atoms with Crippen LogP contribution in [0.1, 0.15) is 93.0 Å². The van der Waals surface area contributed by atoms with Crippen molar-refractivity contribution < 1.29 is 13.2 Å². The highest BCUT2D eigenvalue weighted by atomic mass is 19.4. The van der Waals surface area contributed by atoms with E-state index in [2.05, 4.69) is 41.8 Å². The molecular weight excluding hydrogens is 485 g/mol. The number of nitrogens with two attached hydrogens (primary N) is 1. The number of halogens is 3. The van der Waals surface area contributed by atoms with Crippen LogP contribution >= 0.6 is 0 Å². The van der Waals surface area contributed by atoms with Crippen molar-refractivity contribution in [2.45, 2.75) is 82.8 Å². The largest absolute Gasteiger partial charge is 0.417 e. The predicted octanol–water partition coefficient (Wildman–Crippen LogP) is 8.52. The third kappa shape index (κ3) is 6.26. The number of anilines is 1. The first-order valence-corrected chi connectivity index (χ1v) is 13.6. The van der Waals surface area contributed by atoms with Crippen molar-refractivity contribution in [3.8, 4) is 11.4 Å². The van der Waals surface area contributed by atoms with E-state index in [0.29, 0.717) is 23.1 Å². The van der Waals surface area contributed by atoms with Gasteiger partial charge in [-0.2, -0.15) is 13.2 Å². The van der Waals surface area contributed by atoms with Crippen molar-refractivity contribution in [1.82, 2.24) is 9.97 Å². The van der Waals surface area contributed by atoms with E-state index in [1.165, 1.54) is 17.7 Å². The van der Waals surface area contributed by atoms with Crippen LogP contribution in [-0.4, -0.2) is 16.0 Å². The van der Waals surface area contributed by atoms with E-state index in [0.717, 1.165) is 56.6 Å². The molecule has 202 valence electrons. The van der Waals surface area contributed by atoms with Crippen molar-refractivity contribution >= 4 is 11.5 Å². The van der Waals surface area contributed by atoms with E-state index in [1.807, 2.05) is 24.3 Å². The molecule has 1 heterocycles. The molecule has 0 saturated heterocycles. The molecule has 4 nitrogen and oxygen atoms in total. The summed E-state index contributed by atoms with van der Waals surface area (Å²) in [5, 5.41) is 3.31. The second kappa shape index (κ2) is 12.1. The fourth-order valence-corrected chi connectivity index (χ4v) is 5.57. The zero-order valence-corrected chi connectivity index (χ0v) is 22.2. The average molecular weight is 523 g/mol. The second-order valence-electron chi connectivity index (χ2n) is 10.2. The van der Waals surface area contributed by atoms with Crippen molar-refractivity contribution in [3.05, 3.63) is 83.6 Å². The van der Waals surface area contributed by atoms with Gasteiger partial charge in [0.05, 0.1) is 11.3 Å². The van der Waals surface area contributed by atoms with Crippen LogP contribution in [0.15, 0.2) is 61.2 Å². The second-order valence-corrected chi connectivity index (χ2v) is 10.2. The van der Waals surface area contributed by atoms with Crippen molar-refractivity contribution in [2.24, 2.45) is 5.73 Å². The molecule has 0 bridgehead atoms. The highest BCUT2D eigenvalue weighted by molar-refractivity contribution is 5.77. The molecule has 4 rings (SSSR count). The van der Waals surface area contributed by atoms with Crippen LogP contribution in [0.25, 0.3) is 17.1 Å². The maximum absolute atomic E-state index is 13.9. The summed E-state index contributed by atoms with van der Waals surface area (Å²) in [6.07, 6.45) is 2.38. The molecule has 1 saturated carbocycles. The highest BCUT2D eigenvalue weighted by Gasteiger charge is 2.35. The molecule has 3 N–H and O–H groups in total. The minimum atomic E-state index is -4.53. The van der Waals surface area contributed by atoms with Crippen LogP contribution < -0.4 is 11.1 Å². The molecule has 38 heavy (non-hydrogen) atoms. The number of rotatable bonds is 9. The summed E-state index contributed by atoms with van der Waals surface area (Å²) < 4.78 is 41.7. The first-order valence-electron chi connectivity index (χ1n) is 13.6. The third-order valence-corrected chi connectivity index (χ3v) is 7.55.